The van der Waals surface area contributed by atoms with E-state index < -0.39 is 0 Å². The molecule has 0 aliphatic carbocycles. The quantitative estimate of drug-likeness (QED) is 0.514. The van der Waals surface area contributed by atoms with Crippen molar-refractivity contribution in [1.82, 2.24) is 4.57 Å². The van der Waals surface area contributed by atoms with Gasteiger partial charge in [0.1, 0.15) is 0 Å². The second-order valence-corrected chi connectivity index (χ2v) is 3.38. The van der Waals surface area contributed by atoms with E-state index in [0.717, 1.165) is 12.2 Å². The summed E-state index contributed by atoms with van der Waals surface area (Å²) in [5, 5.41) is 0. The van der Waals surface area contributed by atoms with Gasteiger partial charge in [-0.25, -0.2) is 0 Å². The van der Waals surface area contributed by atoms with Crippen molar-refractivity contribution in [1.29, 1.82) is 0 Å². The molecule has 1 aromatic rings. The minimum atomic E-state index is 0.118. The number of rotatable bonds is 3. The van der Waals surface area contributed by atoms with Gasteiger partial charge in [0, 0.05) is 19.7 Å². The summed E-state index contributed by atoms with van der Waals surface area (Å²) < 4.78 is 1.95. The van der Waals surface area contributed by atoms with Crippen LogP contribution in [0.3, 0.4) is 0 Å². The van der Waals surface area contributed by atoms with Gasteiger partial charge < -0.3 is 4.57 Å². The topological polar surface area (TPSA) is 22.0 Å². The van der Waals surface area contributed by atoms with Gasteiger partial charge in [-0.05, 0) is 26.0 Å². The van der Waals surface area contributed by atoms with Crippen molar-refractivity contribution in [3.05, 3.63) is 35.7 Å². The molecule has 2 heteroatoms. The first-order valence-electron chi connectivity index (χ1n) is 4.40. The number of hydrogen-bond acceptors (Lipinski definition) is 1. The normalized spacial score (nSPS) is 9.77. The third-order valence-electron chi connectivity index (χ3n) is 1.89. The Morgan fingerprint density at radius 1 is 1.46 bits per heavy atom. The molecular formula is C11H15NO. The van der Waals surface area contributed by atoms with Crippen molar-refractivity contribution in [2.45, 2.75) is 27.3 Å². The third kappa shape index (κ3) is 2.58. The molecule has 1 rings (SSSR count). The molecule has 0 bridgehead atoms. The van der Waals surface area contributed by atoms with Crippen molar-refractivity contribution < 1.29 is 4.79 Å². The number of nitrogens with zero attached hydrogens (tertiary/aromatic N) is 1. The van der Waals surface area contributed by atoms with Crippen LogP contribution in [-0.4, -0.2) is 10.4 Å². The van der Waals surface area contributed by atoms with E-state index in [4.69, 9.17) is 0 Å². The Kier molecular flexibility index (Phi) is 3.07. The summed E-state index contributed by atoms with van der Waals surface area (Å²) in [5.74, 6) is 0.118. The van der Waals surface area contributed by atoms with Gasteiger partial charge in [-0.3, -0.25) is 4.79 Å². The number of carbonyl (C=O) groups is 1. The fraction of sp³-hybridized carbons (Fsp3) is 0.364. The van der Waals surface area contributed by atoms with Crippen LogP contribution in [0.15, 0.2) is 30.0 Å². The Hall–Kier alpha value is -1.31. The lowest BCUT2D eigenvalue weighted by Gasteiger charge is -2.03. The molecule has 0 aliphatic heterocycles. The zero-order valence-corrected chi connectivity index (χ0v) is 8.37. The first kappa shape index (κ1) is 9.78. The van der Waals surface area contributed by atoms with Crippen molar-refractivity contribution in [2.75, 3.05) is 0 Å². The molecule has 0 saturated heterocycles. The number of Topliss-reactive ketones (excluding diaryl/α,β-unsaturated/α-hetero) is 1. The number of carbonyl (C=O) groups excluding carboxylic acids is 1. The second-order valence-electron chi connectivity index (χ2n) is 3.38. The van der Waals surface area contributed by atoms with Crippen LogP contribution in [0.1, 0.15) is 31.3 Å². The molecule has 70 valence electrons. The van der Waals surface area contributed by atoms with E-state index in [-0.39, 0.29) is 5.78 Å². The van der Waals surface area contributed by atoms with Gasteiger partial charge >= 0.3 is 0 Å². The third-order valence-corrected chi connectivity index (χ3v) is 1.89. The molecular weight excluding hydrogens is 162 g/mol. The highest BCUT2D eigenvalue weighted by atomic mass is 16.1. The summed E-state index contributed by atoms with van der Waals surface area (Å²) in [6.45, 7) is 6.48. The highest BCUT2D eigenvalue weighted by Crippen LogP contribution is 2.04. The summed E-state index contributed by atoms with van der Waals surface area (Å²) in [4.78, 5) is 11.1. The van der Waals surface area contributed by atoms with Crippen molar-refractivity contribution in [2.24, 2.45) is 0 Å². The SMILES string of the molecule is CC(=O)c1cccn1CC=C(C)C. The van der Waals surface area contributed by atoms with Gasteiger partial charge in [-0.15, -0.1) is 0 Å². The van der Waals surface area contributed by atoms with Crippen LogP contribution in [0.25, 0.3) is 0 Å². The first-order valence-corrected chi connectivity index (χ1v) is 4.40. The molecule has 0 radical (unpaired) electrons. The van der Waals surface area contributed by atoms with Crippen LogP contribution >= 0.6 is 0 Å². The van der Waals surface area contributed by atoms with E-state index in [9.17, 15) is 4.79 Å². The standard InChI is InChI=1S/C11H15NO/c1-9(2)6-8-12-7-4-5-11(12)10(3)13/h4-7H,8H2,1-3H3. The van der Waals surface area contributed by atoms with E-state index in [2.05, 4.69) is 19.9 Å². The van der Waals surface area contributed by atoms with Gasteiger partial charge in [-0.2, -0.15) is 0 Å². The Bertz CT molecular complexity index is 330. The molecule has 1 aromatic heterocycles. The van der Waals surface area contributed by atoms with Gasteiger partial charge in [0.2, 0.25) is 0 Å². The van der Waals surface area contributed by atoms with Gasteiger partial charge in [-0.1, -0.05) is 11.6 Å². The summed E-state index contributed by atoms with van der Waals surface area (Å²) in [6.07, 6.45) is 4.03. The number of ketones is 1. The maximum absolute atomic E-state index is 11.1. The molecule has 0 saturated carbocycles. The Morgan fingerprint density at radius 3 is 2.69 bits per heavy atom. The monoisotopic (exact) mass is 177 g/mol. The van der Waals surface area contributed by atoms with Crippen LogP contribution in [0.4, 0.5) is 0 Å². The molecule has 0 amide bonds. The van der Waals surface area contributed by atoms with Crippen LogP contribution < -0.4 is 0 Å². The largest absolute Gasteiger partial charge is 0.341 e. The smallest absolute Gasteiger partial charge is 0.176 e. The predicted molar refractivity (Wildman–Crippen MR) is 53.9 cm³/mol. The molecule has 0 unspecified atom stereocenters. The zero-order chi connectivity index (χ0) is 9.84. The molecule has 0 spiro atoms. The molecule has 2 nitrogen and oxygen atoms in total. The Morgan fingerprint density at radius 2 is 2.15 bits per heavy atom. The summed E-state index contributed by atoms with van der Waals surface area (Å²) in [7, 11) is 0. The van der Waals surface area contributed by atoms with E-state index in [1.54, 1.807) is 6.92 Å². The van der Waals surface area contributed by atoms with E-state index >= 15 is 0 Å². The van der Waals surface area contributed by atoms with Crippen LogP contribution in [0, 0.1) is 0 Å². The fourth-order valence-corrected chi connectivity index (χ4v) is 1.17. The summed E-state index contributed by atoms with van der Waals surface area (Å²) in [6, 6.07) is 3.75. The van der Waals surface area contributed by atoms with Crippen LogP contribution in [0.5, 0.6) is 0 Å². The molecule has 0 atom stereocenters. The molecule has 0 aromatic carbocycles. The lowest BCUT2D eigenvalue weighted by atomic mass is 10.3. The first-order chi connectivity index (χ1) is 6.11. The maximum atomic E-state index is 11.1. The van der Waals surface area contributed by atoms with Gasteiger partial charge in [0.15, 0.2) is 5.78 Å². The summed E-state index contributed by atoms with van der Waals surface area (Å²) >= 11 is 0. The number of aromatic nitrogens is 1. The van der Waals surface area contributed by atoms with Crippen molar-refractivity contribution in [3.63, 3.8) is 0 Å². The van der Waals surface area contributed by atoms with E-state index in [1.165, 1.54) is 5.57 Å². The molecule has 1 heterocycles. The van der Waals surface area contributed by atoms with Crippen LogP contribution in [0.2, 0.25) is 0 Å². The number of hydrogen-bond donors (Lipinski definition) is 0. The molecule has 0 aliphatic rings. The lowest BCUT2D eigenvalue weighted by Crippen LogP contribution is -2.04. The highest BCUT2D eigenvalue weighted by Gasteiger charge is 2.03. The zero-order valence-electron chi connectivity index (χ0n) is 8.37. The minimum absolute atomic E-state index is 0.118. The highest BCUT2D eigenvalue weighted by molar-refractivity contribution is 5.92. The van der Waals surface area contributed by atoms with E-state index in [0.29, 0.717) is 0 Å². The fourth-order valence-electron chi connectivity index (χ4n) is 1.17. The predicted octanol–water partition coefficient (Wildman–Crippen LogP) is 2.66. The lowest BCUT2D eigenvalue weighted by molar-refractivity contribution is 0.100. The molecule has 13 heavy (non-hydrogen) atoms. The van der Waals surface area contributed by atoms with Crippen molar-refractivity contribution in [3.8, 4) is 0 Å². The van der Waals surface area contributed by atoms with Crippen LogP contribution in [-0.2, 0) is 6.54 Å². The molecule has 0 fully saturated rings. The minimum Gasteiger partial charge on any atom is -0.341 e. The number of allylic oxidation sites excluding steroid dienone is 2. The maximum Gasteiger partial charge on any atom is 0.176 e. The Balaban J connectivity index is 2.83. The average molecular weight is 177 g/mol. The van der Waals surface area contributed by atoms with Gasteiger partial charge in [0.25, 0.3) is 0 Å². The Labute approximate surface area is 78.9 Å². The van der Waals surface area contributed by atoms with Gasteiger partial charge in [0.05, 0.1) is 5.69 Å². The van der Waals surface area contributed by atoms with E-state index in [1.807, 2.05) is 22.9 Å². The second kappa shape index (κ2) is 4.08. The average Bonchev–Trinajstić information content (AvgIpc) is 2.47. The molecule has 0 N–H and O–H groups in total. The summed E-state index contributed by atoms with van der Waals surface area (Å²) in [5.41, 5.74) is 2.04. The van der Waals surface area contributed by atoms with Crippen molar-refractivity contribution >= 4 is 5.78 Å².